The van der Waals surface area contributed by atoms with Gasteiger partial charge in [0.05, 0.1) is 0 Å². The maximum atomic E-state index is 12.1. The van der Waals surface area contributed by atoms with Gasteiger partial charge in [-0.05, 0) is 31.7 Å². The summed E-state index contributed by atoms with van der Waals surface area (Å²) in [4.78, 5) is 14.1. The van der Waals surface area contributed by atoms with Crippen LogP contribution in [0.5, 0.6) is 0 Å². The van der Waals surface area contributed by atoms with Gasteiger partial charge in [0.25, 0.3) is 5.91 Å². The molecule has 2 heterocycles. The molecule has 0 aromatic carbocycles. The number of rotatable bonds is 4. The van der Waals surface area contributed by atoms with E-state index in [0.717, 1.165) is 45.5 Å². The minimum atomic E-state index is -0.154. The van der Waals surface area contributed by atoms with Gasteiger partial charge in [-0.3, -0.25) is 4.79 Å². The molecule has 0 aromatic heterocycles. The number of ether oxygens (including phenoxy) is 1. The van der Waals surface area contributed by atoms with Crippen LogP contribution >= 0.6 is 0 Å². The highest BCUT2D eigenvalue weighted by atomic mass is 16.5. The van der Waals surface area contributed by atoms with E-state index in [0.29, 0.717) is 12.0 Å². The van der Waals surface area contributed by atoms with Crippen molar-refractivity contribution in [2.45, 2.75) is 45.3 Å². The third-order valence-electron chi connectivity index (χ3n) is 3.52. The van der Waals surface area contributed by atoms with Gasteiger partial charge in [-0.1, -0.05) is 13.8 Å². The maximum absolute atomic E-state index is 12.1. The first-order chi connectivity index (χ1) is 8.16. The van der Waals surface area contributed by atoms with Crippen LogP contribution in [0.2, 0.25) is 0 Å². The quantitative estimate of drug-likeness (QED) is 0.797. The van der Waals surface area contributed by atoms with Crippen molar-refractivity contribution in [1.29, 1.82) is 0 Å². The Hall–Kier alpha value is -0.610. The molecule has 1 N–H and O–H groups in total. The van der Waals surface area contributed by atoms with Crippen LogP contribution in [-0.2, 0) is 9.53 Å². The third kappa shape index (κ3) is 3.42. The first-order valence-electron chi connectivity index (χ1n) is 6.80. The molecule has 2 rings (SSSR count). The highest BCUT2D eigenvalue weighted by Gasteiger charge is 2.32. The van der Waals surface area contributed by atoms with E-state index in [1.165, 1.54) is 0 Å². The summed E-state index contributed by atoms with van der Waals surface area (Å²) in [6.07, 6.45) is 2.85. The smallest absolute Gasteiger partial charge is 0.251 e. The Kier molecular flexibility index (Phi) is 4.40. The van der Waals surface area contributed by atoms with Gasteiger partial charge in [-0.2, -0.15) is 0 Å². The summed E-state index contributed by atoms with van der Waals surface area (Å²) in [5.74, 6) is 0.870. The summed E-state index contributed by atoms with van der Waals surface area (Å²) in [7, 11) is 0. The first kappa shape index (κ1) is 12.8. The number of amides is 1. The minimum Gasteiger partial charge on any atom is -0.368 e. The normalized spacial score (nSPS) is 29.2. The Labute approximate surface area is 104 Å². The Balaban J connectivity index is 1.75. The van der Waals surface area contributed by atoms with Crippen molar-refractivity contribution in [3.8, 4) is 0 Å². The molecule has 2 saturated heterocycles. The van der Waals surface area contributed by atoms with E-state index in [1.54, 1.807) is 0 Å². The van der Waals surface area contributed by atoms with Crippen molar-refractivity contribution < 1.29 is 9.53 Å². The van der Waals surface area contributed by atoms with Crippen LogP contribution in [0.1, 0.15) is 33.1 Å². The van der Waals surface area contributed by atoms with E-state index in [1.807, 2.05) is 4.90 Å². The summed E-state index contributed by atoms with van der Waals surface area (Å²) in [5.41, 5.74) is 0. The molecule has 2 fully saturated rings. The number of nitrogens with one attached hydrogen (secondary N) is 1. The molecule has 0 aromatic rings. The Bertz CT molecular complexity index is 262. The van der Waals surface area contributed by atoms with Crippen LogP contribution in [0, 0.1) is 5.92 Å². The van der Waals surface area contributed by atoms with Crippen LogP contribution in [-0.4, -0.2) is 49.2 Å². The van der Waals surface area contributed by atoms with Crippen LogP contribution in [0.25, 0.3) is 0 Å². The molecule has 2 aliphatic heterocycles. The zero-order valence-corrected chi connectivity index (χ0v) is 10.9. The number of hydrogen-bond acceptors (Lipinski definition) is 3. The molecule has 0 aliphatic carbocycles. The second-order valence-corrected chi connectivity index (χ2v) is 5.57. The Morgan fingerprint density at radius 1 is 1.47 bits per heavy atom. The molecule has 4 heteroatoms. The SMILES string of the molecule is CC(C)CNC1CCN(C(=O)[C@H]2CCCO2)C1. The van der Waals surface area contributed by atoms with E-state index < -0.39 is 0 Å². The highest BCUT2D eigenvalue weighted by molar-refractivity contribution is 5.81. The Morgan fingerprint density at radius 2 is 2.29 bits per heavy atom. The lowest BCUT2D eigenvalue weighted by Gasteiger charge is -2.20. The first-order valence-corrected chi connectivity index (χ1v) is 6.80. The van der Waals surface area contributed by atoms with Crippen molar-refractivity contribution in [1.82, 2.24) is 10.2 Å². The molecule has 2 atom stereocenters. The summed E-state index contributed by atoms with van der Waals surface area (Å²) in [6, 6.07) is 0.475. The highest BCUT2D eigenvalue weighted by Crippen LogP contribution is 2.18. The van der Waals surface area contributed by atoms with Crippen molar-refractivity contribution in [3.63, 3.8) is 0 Å². The van der Waals surface area contributed by atoms with Gasteiger partial charge >= 0.3 is 0 Å². The molecule has 0 bridgehead atoms. The van der Waals surface area contributed by atoms with Crippen LogP contribution in [0.15, 0.2) is 0 Å². The van der Waals surface area contributed by atoms with Gasteiger partial charge in [0, 0.05) is 25.7 Å². The average molecular weight is 240 g/mol. The fourth-order valence-corrected chi connectivity index (χ4v) is 2.51. The molecular weight excluding hydrogens is 216 g/mol. The zero-order valence-electron chi connectivity index (χ0n) is 10.9. The number of hydrogen-bond donors (Lipinski definition) is 1. The van der Waals surface area contributed by atoms with Gasteiger partial charge in [-0.15, -0.1) is 0 Å². The fraction of sp³-hybridized carbons (Fsp3) is 0.923. The van der Waals surface area contributed by atoms with Crippen molar-refractivity contribution in [3.05, 3.63) is 0 Å². The monoisotopic (exact) mass is 240 g/mol. The van der Waals surface area contributed by atoms with Crippen molar-refractivity contribution in [2.24, 2.45) is 5.92 Å². The average Bonchev–Trinajstić information content (AvgIpc) is 2.97. The van der Waals surface area contributed by atoms with Gasteiger partial charge in [0.1, 0.15) is 6.10 Å². The lowest BCUT2D eigenvalue weighted by Crippen LogP contribution is -2.40. The standard InChI is InChI=1S/C13H24N2O2/c1-10(2)8-14-11-5-6-15(9-11)13(16)12-4-3-7-17-12/h10-12,14H,3-9H2,1-2H3/t11?,12-/m1/s1. The topological polar surface area (TPSA) is 41.6 Å². The lowest BCUT2D eigenvalue weighted by atomic mass is 10.2. The van der Waals surface area contributed by atoms with Gasteiger partial charge in [-0.25, -0.2) is 0 Å². The number of likely N-dealkylation sites (tertiary alicyclic amines) is 1. The van der Waals surface area contributed by atoms with Gasteiger partial charge in [0.15, 0.2) is 0 Å². The van der Waals surface area contributed by atoms with Crippen molar-refractivity contribution in [2.75, 3.05) is 26.2 Å². The number of carbonyl (C=O) groups excluding carboxylic acids is 1. The van der Waals surface area contributed by atoms with Crippen LogP contribution in [0.3, 0.4) is 0 Å². The van der Waals surface area contributed by atoms with E-state index in [9.17, 15) is 4.79 Å². The maximum Gasteiger partial charge on any atom is 0.251 e. The predicted molar refractivity (Wildman–Crippen MR) is 66.8 cm³/mol. The molecule has 1 unspecified atom stereocenters. The summed E-state index contributed by atoms with van der Waals surface area (Å²) >= 11 is 0. The molecular formula is C13H24N2O2. The lowest BCUT2D eigenvalue weighted by molar-refractivity contribution is -0.139. The number of carbonyl (C=O) groups is 1. The van der Waals surface area contributed by atoms with E-state index in [-0.39, 0.29) is 12.0 Å². The van der Waals surface area contributed by atoms with Gasteiger partial charge in [0.2, 0.25) is 0 Å². The second kappa shape index (κ2) is 5.83. The largest absolute Gasteiger partial charge is 0.368 e. The minimum absolute atomic E-state index is 0.154. The molecule has 0 saturated carbocycles. The van der Waals surface area contributed by atoms with Crippen LogP contribution < -0.4 is 5.32 Å². The third-order valence-corrected chi connectivity index (χ3v) is 3.52. The van der Waals surface area contributed by atoms with Crippen molar-refractivity contribution >= 4 is 5.91 Å². The Morgan fingerprint density at radius 3 is 2.94 bits per heavy atom. The summed E-state index contributed by atoms with van der Waals surface area (Å²) < 4.78 is 5.45. The number of nitrogens with zero attached hydrogens (tertiary/aromatic N) is 1. The van der Waals surface area contributed by atoms with Crippen LogP contribution in [0.4, 0.5) is 0 Å². The predicted octanol–water partition coefficient (Wildman–Crippen LogP) is 1.01. The molecule has 2 aliphatic rings. The molecule has 98 valence electrons. The van der Waals surface area contributed by atoms with Gasteiger partial charge < -0.3 is 15.0 Å². The molecule has 4 nitrogen and oxygen atoms in total. The summed E-state index contributed by atoms with van der Waals surface area (Å²) in [6.45, 7) is 7.93. The molecule has 1 amide bonds. The summed E-state index contributed by atoms with van der Waals surface area (Å²) in [5, 5.41) is 3.52. The zero-order chi connectivity index (χ0) is 12.3. The fourth-order valence-electron chi connectivity index (χ4n) is 2.51. The molecule has 0 radical (unpaired) electrons. The van der Waals surface area contributed by atoms with E-state index in [4.69, 9.17) is 4.74 Å². The molecule has 0 spiro atoms. The second-order valence-electron chi connectivity index (χ2n) is 5.57. The van der Waals surface area contributed by atoms with E-state index in [2.05, 4.69) is 19.2 Å². The molecule has 17 heavy (non-hydrogen) atoms. The van der Waals surface area contributed by atoms with E-state index >= 15 is 0 Å².